The van der Waals surface area contributed by atoms with Crippen LogP contribution in [-0.2, 0) is 14.8 Å². The molecule has 0 atom stereocenters. The number of amides is 1. The molecule has 0 heterocycles. The molecule has 8 nitrogen and oxygen atoms in total. The lowest BCUT2D eigenvalue weighted by molar-refractivity contribution is -0.384. The van der Waals surface area contributed by atoms with Gasteiger partial charge < -0.3 is 5.32 Å². The number of benzene rings is 2. The maximum Gasteiger partial charge on any atom is 0.271 e. The Morgan fingerprint density at radius 3 is 2.52 bits per heavy atom. The fraction of sp³-hybridized carbons (Fsp3) is 0.133. The van der Waals surface area contributed by atoms with Crippen molar-refractivity contribution in [1.82, 2.24) is 0 Å². The summed E-state index contributed by atoms with van der Waals surface area (Å²) in [5.74, 6) is -0.574. The first-order valence-corrected chi connectivity index (χ1v) is 9.58. The van der Waals surface area contributed by atoms with Crippen LogP contribution in [0.15, 0.2) is 53.0 Å². The number of nitro groups is 1. The zero-order chi connectivity index (χ0) is 18.6. The van der Waals surface area contributed by atoms with E-state index in [4.69, 9.17) is 0 Å². The molecule has 0 aliphatic rings. The van der Waals surface area contributed by atoms with Crippen LogP contribution in [0.4, 0.5) is 17.1 Å². The summed E-state index contributed by atoms with van der Waals surface area (Å²) in [6.45, 7) is -0.507. The Labute approximate surface area is 152 Å². The van der Waals surface area contributed by atoms with E-state index in [1.165, 1.54) is 18.2 Å². The molecule has 1 amide bonds. The first kappa shape index (κ1) is 18.9. The van der Waals surface area contributed by atoms with Crippen molar-refractivity contribution in [3.05, 3.63) is 63.1 Å². The number of hydrogen-bond acceptors (Lipinski definition) is 5. The Morgan fingerprint density at radius 2 is 1.92 bits per heavy atom. The minimum atomic E-state index is -3.82. The molecule has 2 aromatic rings. The van der Waals surface area contributed by atoms with Crippen molar-refractivity contribution in [3.63, 3.8) is 0 Å². The number of nitrogens with one attached hydrogen (secondary N) is 1. The molecule has 0 unspecified atom stereocenters. The van der Waals surface area contributed by atoms with Gasteiger partial charge in [-0.1, -0.05) is 28.1 Å². The van der Waals surface area contributed by atoms with E-state index in [9.17, 15) is 23.3 Å². The van der Waals surface area contributed by atoms with Crippen LogP contribution in [0.3, 0.4) is 0 Å². The van der Waals surface area contributed by atoms with Crippen molar-refractivity contribution >= 4 is 48.9 Å². The van der Waals surface area contributed by atoms with Crippen LogP contribution in [0.1, 0.15) is 0 Å². The molecule has 0 bridgehead atoms. The van der Waals surface area contributed by atoms with E-state index in [1.54, 1.807) is 24.3 Å². The van der Waals surface area contributed by atoms with E-state index in [1.807, 2.05) is 0 Å². The van der Waals surface area contributed by atoms with Crippen molar-refractivity contribution in [1.29, 1.82) is 0 Å². The van der Waals surface area contributed by atoms with Crippen molar-refractivity contribution in [3.8, 4) is 0 Å². The summed E-state index contributed by atoms with van der Waals surface area (Å²) in [5.41, 5.74) is 0.270. The molecule has 132 valence electrons. The number of hydrogen-bond donors (Lipinski definition) is 1. The monoisotopic (exact) mass is 427 g/mol. The summed E-state index contributed by atoms with van der Waals surface area (Å²) in [6.07, 6.45) is 0.929. The van der Waals surface area contributed by atoms with E-state index in [-0.39, 0.29) is 11.4 Å². The average molecular weight is 428 g/mol. The number of rotatable bonds is 6. The molecule has 0 fully saturated rings. The molecular formula is C15H14BrN3O5S. The Balaban J connectivity index is 2.25. The van der Waals surface area contributed by atoms with Gasteiger partial charge in [0.2, 0.25) is 15.9 Å². The van der Waals surface area contributed by atoms with Gasteiger partial charge in [0, 0.05) is 22.3 Å². The van der Waals surface area contributed by atoms with Crippen molar-refractivity contribution in [2.24, 2.45) is 0 Å². The van der Waals surface area contributed by atoms with Gasteiger partial charge in [-0.3, -0.25) is 19.2 Å². The van der Waals surface area contributed by atoms with Crippen LogP contribution < -0.4 is 9.62 Å². The molecule has 2 aromatic carbocycles. The molecule has 25 heavy (non-hydrogen) atoms. The van der Waals surface area contributed by atoms with Crippen LogP contribution in [0.5, 0.6) is 0 Å². The maximum absolute atomic E-state index is 12.2. The molecule has 0 aromatic heterocycles. The van der Waals surface area contributed by atoms with E-state index in [0.29, 0.717) is 5.69 Å². The quantitative estimate of drug-likeness (QED) is 0.562. The Kier molecular flexibility index (Phi) is 5.75. The van der Waals surface area contributed by atoms with Gasteiger partial charge in [0.25, 0.3) is 5.69 Å². The van der Waals surface area contributed by atoms with Crippen molar-refractivity contribution < 1.29 is 18.1 Å². The van der Waals surface area contributed by atoms with Crippen LogP contribution in [-0.4, -0.2) is 32.0 Å². The van der Waals surface area contributed by atoms with E-state index in [0.717, 1.165) is 21.1 Å². The van der Waals surface area contributed by atoms with Crippen molar-refractivity contribution in [2.45, 2.75) is 0 Å². The lowest BCUT2D eigenvalue weighted by atomic mass is 10.3. The third kappa shape index (κ3) is 5.26. The lowest BCUT2D eigenvalue weighted by Crippen LogP contribution is -2.37. The van der Waals surface area contributed by atoms with Crippen LogP contribution in [0.2, 0.25) is 0 Å². The highest BCUT2D eigenvalue weighted by Crippen LogP contribution is 2.23. The van der Waals surface area contributed by atoms with Gasteiger partial charge in [-0.15, -0.1) is 0 Å². The number of non-ortho nitro benzene ring substituents is 1. The number of sulfonamides is 1. The fourth-order valence-corrected chi connectivity index (χ4v) is 3.31. The summed E-state index contributed by atoms with van der Waals surface area (Å²) in [5, 5.41) is 13.5. The largest absolute Gasteiger partial charge is 0.324 e. The molecule has 2 rings (SSSR count). The van der Waals surface area contributed by atoms with Crippen LogP contribution in [0, 0.1) is 10.1 Å². The van der Waals surface area contributed by atoms with Gasteiger partial charge in [0.15, 0.2) is 0 Å². The highest BCUT2D eigenvalue weighted by Gasteiger charge is 2.22. The first-order valence-electron chi connectivity index (χ1n) is 6.94. The van der Waals surface area contributed by atoms with Gasteiger partial charge >= 0.3 is 0 Å². The number of nitrogens with zero attached hydrogens (tertiary/aromatic N) is 2. The summed E-state index contributed by atoms with van der Waals surface area (Å²) < 4.78 is 25.6. The molecule has 0 saturated carbocycles. The summed E-state index contributed by atoms with van der Waals surface area (Å²) in [7, 11) is -3.82. The third-order valence-corrected chi connectivity index (χ3v) is 4.76. The molecule has 0 spiro atoms. The van der Waals surface area contributed by atoms with Gasteiger partial charge in [-0.05, 0) is 24.3 Å². The van der Waals surface area contributed by atoms with E-state index in [2.05, 4.69) is 21.2 Å². The van der Waals surface area contributed by atoms with Crippen LogP contribution >= 0.6 is 15.9 Å². The molecule has 0 aliphatic carbocycles. The summed E-state index contributed by atoms with van der Waals surface area (Å²) in [6, 6.07) is 11.9. The fourth-order valence-electron chi connectivity index (χ4n) is 2.06. The zero-order valence-electron chi connectivity index (χ0n) is 13.0. The molecule has 1 N–H and O–H groups in total. The highest BCUT2D eigenvalue weighted by atomic mass is 79.9. The summed E-state index contributed by atoms with van der Waals surface area (Å²) >= 11 is 3.27. The van der Waals surface area contributed by atoms with Gasteiger partial charge in [0.05, 0.1) is 16.9 Å². The van der Waals surface area contributed by atoms with E-state index < -0.39 is 27.4 Å². The Hall–Kier alpha value is -2.46. The smallest absolute Gasteiger partial charge is 0.271 e. The Bertz CT molecular complexity index is 917. The number of carbonyl (C=O) groups is 1. The highest BCUT2D eigenvalue weighted by molar-refractivity contribution is 9.10. The first-order chi connectivity index (χ1) is 11.7. The summed E-state index contributed by atoms with van der Waals surface area (Å²) in [4.78, 5) is 22.4. The number of halogens is 1. The van der Waals surface area contributed by atoms with Crippen molar-refractivity contribution in [2.75, 3.05) is 22.4 Å². The molecule has 0 saturated heterocycles. The maximum atomic E-state index is 12.2. The minimum Gasteiger partial charge on any atom is -0.324 e. The zero-order valence-corrected chi connectivity index (χ0v) is 15.5. The standard InChI is InChI=1S/C15H14BrN3O5S/c1-25(23,24)18(13-6-3-7-14(9-13)19(21)22)10-15(20)17-12-5-2-4-11(16)8-12/h2-9H,10H2,1H3,(H,17,20). The predicted molar refractivity (Wildman–Crippen MR) is 98.1 cm³/mol. The third-order valence-electron chi connectivity index (χ3n) is 3.12. The second-order valence-electron chi connectivity index (χ2n) is 5.11. The van der Waals surface area contributed by atoms with Gasteiger partial charge in [-0.2, -0.15) is 0 Å². The molecule has 10 heteroatoms. The SMILES string of the molecule is CS(=O)(=O)N(CC(=O)Nc1cccc(Br)c1)c1cccc([N+](=O)[O-])c1. The normalized spacial score (nSPS) is 11.0. The van der Waals surface area contributed by atoms with Crippen LogP contribution in [0.25, 0.3) is 0 Å². The number of anilines is 2. The predicted octanol–water partition coefficient (Wildman–Crippen LogP) is 2.76. The second-order valence-corrected chi connectivity index (χ2v) is 7.93. The van der Waals surface area contributed by atoms with Gasteiger partial charge in [-0.25, -0.2) is 8.42 Å². The van der Waals surface area contributed by atoms with E-state index >= 15 is 0 Å². The van der Waals surface area contributed by atoms with Gasteiger partial charge in [0.1, 0.15) is 6.54 Å². The molecular weight excluding hydrogens is 414 g/mol. The molecule has 0 aliphatic heterocycles. The minimum absolute atomic E-state index is 0.0427. The topological polar surface area (TPSA) is 110 Å². The molecule has 0 radical (unpaired) electrons. The number of nitro benzene ring substituents is 1. The Morgan fingerprint density at radius 1 is 1.24 bits per heavy atom. The average Bonchev–Trinajstić information content (AvgIpc) is 2.51. The number of carbonyl (C=O) groups excluding carboxylic acids is 1. The lowest BCUT2D eigenvalue weighted by Gasteiger charge is -2.21. The second kappa shape index (κ2) is 7.62.